The van der Waals surface area contributed by atoms with E-state index in [9.17, 15) is 9.59 Å². The molecule has 0 aliphatic heterocycles. The summed E-state index contributed by atoms with van der Waals surface area (Å²) in [5, 5.41) is 5.49. The Morgan fingerprint density at radius 1 is 1.17 bits per heavy atom. The van der Waals surface area contributed by atoms with E-state index in [1.54, 1.807) is 0 Å². The van der Waals surface area contributed by atoms with Crippen molar-refractivity contribution in [1.82, 2.24) is 15.6 Å². The van der Waals surface area contributed by atoms with Gasteiger partial charge in [-0.15, -0.1) is 0 Å². The van der Waals surface area contributed by atoms with Crippen LogP contribution in [0.25, 0.3) is 0 Å². The smallest absolute Gasteiger partial charge is 0.222 e. The summed E-state index contributed by atoms with van der Waals surface area (Å²) in [4.78, 5) is 26.6. The highest BCUT2D eigenvalue weighted by Gasteiger charge is 2.06. The number of pyridine rings is 1. The fourth-order valence-corrected chi connectivity index (χ4v) is 1.32. The molecule has 1 rings (SSSR count). The average Bonchev–Trinajstić information content (AvgIpc) is 2.33. The van der Waals surface area contributed by atoms with E-state index < -0.39 is 0 Å². The van der Waals surface area contributed by atoms with Crippen LogP contribution in [-0.4, -0.2) is 16.8 Å². The molecular weight excluding hydrogens is 230 g/mol. The molecule has 1 aromatic heterocycles. The Morgan fingerprint density at radius 3 is 2.22 bits per heavy atom. The number of hydrogen-bond acceptors (Lipinski definition) is 3. The van der Waals surface area contributed by atoms with Crippen LogP contribution in [0.5, 0.6) is 0 Å². The highest BCUT2D eigenvalue weighted by molar-refractivity contribution is 5.77. The number of rotatable bonds is 5. The number of aromatic nitrogens is 1. The molecule has 1 heterocycles. The predicted molar refractivity (Wildman–Crippen MR) is 68.4 cm³/mol. The molecule has 0 aromatic carbocycles. The number of nitrogens with zero attached hydrogens (tertiary/aromatic N) is 1. The van der Waals surface area contributed by atoms with Crippen LogP contribution >= 0.6 is 0 Å². The maximum absolute atomic E-state index is 11.4. The summed E-state index contributed by atoms with van der Waals surface area (Å²) in [5.41, 5.74) is 1.56. The molecule has 0 radical (unpaired) electrons. The lowest BCUT2D eigenvalue weighted by Crippen LogP contribution is -2.27. The van der Waals surface area contributed by atoms with Crippen molar-refractivity contribution in [2.45, 2.75) is 33.9 Å². The molecule has 0 atom stereocenters. The van der Waals surface area contributed by atoms with E-state index >= 15 is 0 Å². The average molecular weight is 249 g/mol. The maximum Gasteiger partial charge on any atom is 0.222 e. The molecule has 0 saturated carbocycles. The predicted octanol–water partition coefficient (Wildman–Crippen LogP) is 0.990. The van der Waals surface area contributed by atoms with Gasteiger partial charge in [-0.25, -0.2) is 0 Å². The normalized spacial score (nSPS) is 10.2. The van der Waals surface area contributed by atoms with Gasteiger partial charge >= 0.3 is 0 Å². The first-order chi connectivity index (χ1) is 8.49. The Morgan fingerprint density at radius 2 is 1.72 bits per heavy atom. The van der Waals surface area contributed by atoms with Crippen LogP contribution < -0.4 is 10.6 Å². The van der Waals surface area contributed by atoms with Crippen molar-refractivity contribution in [2.24, 2.45) is 5.92 Å². The van der Waals surface area contributed by atoms with E-state index in [0.717, 1.165) is 11.4 Å². The van der Waals surface area contributed by atoms with Crippen molar-refractivity contribution in [3.8, 4) is 0 Å². The molecule has 5 heteroatoms. The summed E-state index contributed by atoms with van der Waals surface area (Å²) >= 11 is 0. The van der Waals surface area contributed by atoms with Crippen molar-refractivity contribution in [3.05, 3.63) is 29.6 Å². The Hall–Kier alpha value is -1.91. The Balaban J connectivity index is 2.54. The second-order valence-electron chi connectivity index (χ2n) is 4.40. The van der Waals surface area contributed by atoms with Crippen LogP contribution in [0.3, 0.4) is 0 Å². The number of carbonyl (C=O) groups is 2. The molecule has 0 unspecified atom stereocenters. The topological polar surface area (TPSA) is 71.1 Å². The summed E-state index contributed by atoms with van der Waals surface area (Å²) in [6, 6.07) is 5.54. The van der Waals surface area contributed by atoms with Crippen molar-refractivity contribution >= 4 is 11.8 Å². The molecule has 0 fully saturated rings. The first kappa shape index (κ1) is 14.2. The van der Waals surface area contributed by atoms with Crippen LogP contribution in [-0.2, 0) is 22.7 Å². The van der Waals surface area contributed by atoms with Crippen LogP contribution in [0.2, 0.25) is 0 Å². The zero-order chi connectivity index (χ0) is 13.5. The third-order valence-electron chi connectivity index (χ3n) is 2.35. The third kappa shape index (κ3) is 4.95. The van der Waals surface area contributed by atoms with Gasteiger partial charge in [0.2, 0.25) is 11.8 Å². The molecule has 18 heavy (non-hydrogen) atoms. The first-order valence-electron chi connectivity index (χ1n) is 5.96. The van der Waals surface area contributed by atoms with Gasteiger partial charge in [0.15, 0.2) is 0 Å². The number of nitrogens with one attached hydrogen (secondary N) is 2. The lowest BCUT2D eigenvalue weighted by molar-refractivity contribution is -0.124. The van der Waals surface area contributed by atoms with E-state index in [-0.39, 0.29) is 17.7 Å². The van der Waals surface area contributed by atoms with E-state index in [1.807, 2.05) is 32.0 Å². The summed E-state index contributed by atoms with van der Waals surface area (Å²) in [7, 11) is 0. The highest BCUT2D eigenvalue weighted by Crippen LogP contribution is 2.00. The molecule has 2 amide bonds. The monoisotopic (exact) mass is 249 g/mol. The zero-order valence-electron chi connectivity index (χ0n) is 11.0. The quantitative estimate of drug-likeness (QED) is 0.817. The van der Waals surface area contributed by atoms with Crippen molar-refractivity contribution in [2.75, 3.05) is 0 Å². The number of amides is 2. The molecule has 0 aliphatic carbocycles. The highest BCUT2D eigenvalue weighted by atomic mass is 16.2. The standard InChI is InChI=1S/C13H19N3O2/c1-9(2)13(18)15-8-12-6-4-5-11(16-12)7-14-10(3)17/h4-6,9H,7-8H2,1-3H3,(H,14,17)(H,15,18). The molecule has 5 nitrogen and oxygen atoms in total. The van der Waals surface area contributed by atoms with Crippen molar-refractivity contribution < 1.29 is 9.59 Å². The Labute approximate surface area is 107 Å². The van der Waals surface area contributed by atoms with Gasteiger partial charge < -0.3 is 10.6 Å². The van der Waals surface area contributed by atoms with Gasteiger partial charge in [-0.05, 0) is 12.1 Å². The van der Waals surface area contributed by atoms with E-state index in [0.29, 0.717) is 13.1 Å². The van der Waals surface area contributed by atoms with E-state index in [4.69, 9.17) is 0 Å². The van der Waals surface area contributed by atoms with Crippen LogP contribution in [0.4, 0.5) is 0 Å². The van der Waals surface area contributed by atoms with Crippen LogP contribution in [0, 0.1) is 5.92 Å². The number of hydrogen-bond donors (Lipinski definition) is 2. The first-order valence-corrected chi connectivity index (χ1v) is 5.96. The van der Waals surface area contributed by atoms with Gasteiger partial charge in [-0.3, -0.25) is 14.6 Å². The molecule has 0 spiro atoms. The SMILES string of the molecule is CC(=O)NCc1cccc(CNC(=O)C(C)C)n1. The van der Waals surface area contributed by atoms with Gasteiger partial charge in [0.05, 0.1) is 24.5 Å². The molecular formula is C13H19N3O2. The number of carbonyl (C=O) groups excluding carboxylic acids is 2. The van der Waals surface area contributed by atoms with Crippen molar-refractivity contribution in [1.29, 1.82) is 0 Å². The molecule has 98 valence electrons. The van der Waals surface area contributed by atoms with Crippen molar-refractivity contribution in [3.63, 3.8) is 0 Å². The lowest BCUT2D eigenvalue weighted by Gasteiger charge is -2.08. The second-order valence-corrected chi connectivity index (χ2v) is 4.40. The van der Waals surface area contributed by atoms with E-state index in [1.165, 1.54) is 6.92 Å². The second kappa shape index (κ2) is 6.74. The summed E-state index contributed by atoms with van der Waals surface area (Å²) < 4.78 is 0. The van der Waals surface area contributed by atoms with Gasteiger partial charge in [-0.1, -0.05) is 19.9 Å². The van der Waals surface area contributed by atoms with Crippen LogP contribution in [0.1, 0.15) is 32.2 Å². The van der Waals surface area contributed by atoms with Gasteiger partial charge in [-0.2, -0.15) is 0 Å². The van der Waals surface area contributed by atoms with Gasteiger partial charge in [0.1, 0.15) is 0 Å². The fraction of sp³-hybridized carbons (Fsp3) is 0.462. The maximum atomic E-state index is 11.4. The molecule has 1 aromatic rings. The Kier molecular flexibility index (Phi) is 5.30. The summed E-state index contributed by atoms with van der Waals surface area (Å²) in [5.74, 6) is -0.119. The van der Waals surface area contributed by atoms with Gasteiger partial charge in [0.25, 0.3) is 0 Å². The minimum atomic E-state index is -0.0877. The molecule has 0 saturated heterocycles. The molecule has 0 bridgehead atoms. The van der Waals surface area contributed by atoms with Crippen LogP contribution in [0.15, 0.2) is 18.2 Å². The summed E-state index contributed by atoms with van der Waals surface area (Å²) in [6.45, 7) is 5.96. The molecule has 0 aliphatic rings. The minimum Gasteiger partial charge on any atom is -0.351 e. The third-order valence-corrected chi connectivity index (χ3v) is 2.35. The minimum absolute atomic E-state index is 0.00376. The van der Waals surface area contributed by atoms with Gasteiger partial charge in [0, 0.05) is 12.8 Å². The lowest BCUT2D eigenvalue weighted by atomic mass is 10.2. The van der Waals surface area contributed by atoms with E-state index in [2.05, 4.69) is 15.6 Å². The molecule has 2 N–H and O–H groups in total. The zero-order valence-corrected chi connectivity index (χ0v) is 11.0. The summed E-state index contributed by atoms with van der Waals surface area (Å²) in [6.07, 6.45) is 0. The largest absolute Gasteiger partial charge is 0.351 e. The Bertz CT molecular complexity index is 430. The fourth-order valence-electron chi connectivity index (χ4n) is 1.32.